The van der Waals surface area contributed by atoms with Gasteiger partial charge in [-0.25, -0.2) is 18.7 Å². The first-order valence-corrected chi connectivity index (χ1v) is 9.70. The molecule has 3 atom stereocenters. The van der Waals surface area contributed by atoms with Crippen LogP contribution in [-0.4, -0.2) is 52.0 Å². The zero-order chi connectivity index (χ0) is 20.8. The van der Waals surface area contributed by atoms with Gasteiger partial charge in [0.15, 0.2) is 0 Å². The first-order valence-electron chi connectivity index (χ1n) is 9.70. The van der Waals surface area contributed by atoms with E-state index in [1.807, 2.05) is 13.0 Å². The third-order valence-electron chi connectivity index (χ3n) is 5.75. The molecule has 0 radical (unpaired) electrons. The van der Waals surface area contributed by atoms with Gasteiger partial charge in [0.25, 0.3) is 5.92 Å². The van der Waals surface area contributed by atoms with Crippen molar-refractivity contribution >= 4 is 23.6 Å². The monoisotopic (exact) mass is 402 g/mol. The molecule has 29 heavy (non-hydrogen) atoms. The Kier molecular flexibility index (Phi) is 4.84. The molecule has 0 unspecified atom stereocenters. The van der Waals surface area contributed by atoms with E-state index in [-0.39, 0.29) is 18.5 Å². The number of alkyl halides is 2. The molecule has 7 nitrogen and oxygen atoms in total. The van der Waals surface area contributed by atoms with Crippen LogP contribution in [-0.2, 0) is 4.79 Å². The average Bonchev–Trinajstić information content (AvgIpc) is 3.25. The fraction of sp³-hybridized carbons (Fsp3) is 0.500. The number of fused-ring (bicyclic) bond motifs is 2. The van der Waals surface area contributed by atoms with Gasteiger partial charge in [0.2, 0.25) is 11.9 Å². The predicted molar refractivity (Wildman–Crippen MR) is 106 cm³/mol. The second-order valence-corrected chi connectivity index (χ2v) is 7.82. The Hall–Kier alpha value is -2.84. The third-order valence-corrected chi connectivity index (χ3v) is 5.75. The number of anilines is 1. The zero-order valence-corrected chi connectivity index (χ0v) is 16.4. The molecule has 9 heteroatoms. The number of halogens is 2. The molecule has 3 aliphatic rings. The number of aromatic nitrogens is 2. The molecule has 2 fully saturated rings. The number of allylic oxidation sites excluding steroid dienone is 1. The van der Waals surface area contributed by atoms with Gasteiger partial charge < -0.3 is 16.0 Å². The van der Waals surface area contributed by atoms with Gasteiger partial charge in [0, 0.05) is 38.1 Å². The number of nitrogens with zero attached hydrogens (tertiary/aromatic N) is 4. The fourth-order valence-electron chi connectivity index (χ4n) is 4.22. The summed E-state index contributed by atoms with van der Waals surface area (Å²) in [6, 6.07) is -0.202. The highest BCUT2D eigenvalue weighted by Crippen LogP contribution is 2.51. The predicted octanol–water partition coefficient (Wildman–Crippen LogP) is 2.50. The molecule has 1 aliphatic carbocycles. The van der Waals surface area contributed by atoms with Crippen LogP contribution in [0.4, 0.5) is 14.7 Å². The Morgan fingerprint density at radius 3 is 2.83 bits per heavy atom. The molecule has 1 saturated heterocycles. The van der Waals surface area contributed by atoms with Gasteiger partial charge in [0.05, 0.1) is 17.4 Å². The fourth-order valence-corrected chi connectivity index (χ4v) is 4.22. The molecule has 1 amide bonds. The van der Waals surface area contributed by atoms with Crippen molar-refractivity contribution in [3.63, 3.8) is 0 Å². The van der Waals surface area contributed by atoms with Crippen LogP contribution in [0.15, 0.2) is 29.2 Å². The number of carbonyl (C=O) groups excluding carboxylic acids is 1. The van der Waals surface area contributed by atoms with Crippen molar-refractivity contribution in [1.29, 1.82) is 0 Å². The van der Waals surface area contributed by atoms with Crippen LogP contribution in [0.2, 0.25) is 0 Å². The summed E-state index contributed by atoms with van der Waals surface area (Å²) in [6.45, 7) is 1.93. The van der Waals surface area contributed by atoms with E-state index in [9.17, 15) is 13.6 Å². The number of nitrogens with two attached hydrogens (primary N) is 1. The van der Waals surface area contributed by atoms with E-state index in [1.54, 1.807) is 24.4 Å². The molecule has 2 aliphatic heterocycles. The van der Waals surface area contributed by atoms with E-state index in [0.29, 0.717) is 18.1 Å². The normalized spacial score (nSPS) is 27.9. The quantitative estimate of drug-likeness (QED) is 0.738. The number of aryl methyl sites for hydroxylation is 1. The van der Waals surface area contributed by atoms with E-state index >= 15 is 0 Å². The number of aliphatic imine (C=N–C) groups is 1. The molecule has 3 heterocycles. The summed E-state index contributed by atoms with van der Waals surface area (Å²) in [5.41, 5.74) is 8.89. The minimum Gasteiger partial charge on any atom is -0.403 e. The van der Waals surface area contributed by atoms with Crippen LogP contribution < -0.4 is 11.1 Å². The first kappa shape index (κ1) is 19.5. The summed E-state index contributed by atoms with van der Waals surface area (Å²) >= 11 is 0. The van der Waals surface area contributed by atoms with Crippen molar-refractivity contribution in [3.8, 4) is 0 Å². The molecular weight excluding hydrogens is 378 g/mol. The van der Waals surface area contributed by atoms with Crippen molar-refractivity contribution < 1.29 is 13.6 Å². The summed E-state index contributed by atoms with van der Waals surface area (Å²) in [6.07, 6.45) is 8.58. The second-order valence-electron chi connectivity index (χ2n) is 7.82. The molecule has 0 spiro atoms. The first-order chi connectivity index (χ1) is 13.8. The van der Waals surface area contributed by atoms with Crippen LogP contribution in [0.25, 0.3) is 5.57 Å². The van der Waals surface area contributed by atoms with E-state index < -0.39 is 17.7 Å². The molecule has 2 bridgehead atoms. The minimum atomic E-state index is -2.83. The summed E-state index contributed by atoms with van der Waals surface area (Å²) in [5, 5.41) is 3.02. The Morgan fingerprint density at radius 2 is 2.21 bits per heavy atom. The standard InChI is InChI=1S/C20H24F2N6O/c1-11-9-25-19(26-13(8-23)10-24-2)27-17(11)12-5-14-3-4-15(6-12)28(14)18(29)16-7-20(16,21)22/h5,8-10,14-16H,3-4,6-7,23H2,1-2H3,(H,25,26,27)/t14-,15+,16+/m1/s1. The highest BCUT2D eigenvalue weighted by molar-refractivity contribution is 5.85. The third kappa shape index (κ3) is 3.61. The Bertz CT molecular complexity index is 926. The lowest BCUT2D eigenvalue weighted by Gasteiger charge is -2.34. The molecular formula is C20H24F2N6O. The number of carbonyl (C=O) groups is 1. The van der Waals surface area contributed by atoms with Gasteiger partial charge in [-0.3, -0.25) is 9.79 Å². The SMILES string of the molecule is CN=CC(=CN)Nc1ncc(C)c(C2=C[C@H]3CC[C@@H](C2)N3C(=O)[C@@H]2CC2(F)F)n1. The highest BCUT2D eigenvalue weighted by Gasteiger charge is 2.63. The van der Waals surface area contributed by atoms with E-state index in [0.717, 1.165) is 29.7 Å². The maximum absolute atomic E-state index is 13.4. The lowest BCUT2D eigenvalue weighted by molar-refractivity contribution is -0.137. The number of rotatable bonds is 5. The highest BCUT2D eigenvalue weighted by atomic mass is 19.3. The van der Waals surface area contributed by atoms with Crippen molar-refractivity contribution in [2.24, 2.45) is 16.6 Å². The Morgan fingerprint density at radius 1 is 1.45 bits per heavy atom. The minimum absolute atomic E-state index is 0.0543. The van der Waals surface area contributed by atoms with E-state index in [2.05, 4.69) is 20.3 Å². The Labute approximate surface area is 167 Å². The number of nitrogens with one attached hydrogen (secondary N) is 1. The maximum Gasteiger partial charge on any atom is 0.260 e. The second kappa shape index (κ2) is 7.20. The average molecular weight is 402 g/mol. The number of amides is 1. The van der Waals surface area contributed by atoms with Crippen molar-refractivity contribution in [3.05, 3.63) is 35.4 Å². The number of hydrogen-bond donors (Lipinski definition) is 2. The topological polar surface area (TPSA) is 96.5 Å². The lowest BCUT2D eigenvalue weighted by atomic mass is 9.96. The summed E-state index contributed by atoms with van der Waals surface area (Å²) in [5.74, 6) is -3.98. The molecule has 1 aromatic heterocycles. The van der Waals surface area contributed by atoms with Gasteiger partial charge in [-0.05, 0) is 37.3 Å². The van der Waals surface area contributed by atoms with Gasteiger partial charge in [-0.15, -0.1) is 0 Å². The maximum atomic E-state index is 13.4. The van der Waals surface area contributed by atoms with Gasteiger partial charge in [0.1, 0.15) is 5.92 Å². The molecule has 3 N–H and O–H groups in total. The number of hydrogen-bond acceptors (Lipinski definition) is 6. The van der Waals surface area contributed by atoms with Crippen LogP contribution >= 0.6 is 0 Å². The van der Waals surface area contributed by atoms with E-state index in [4.69, 9.17) is 5.73 Å². The molecule has 1 saturated carbocycles. The van der Waals surface area contributed by atoms with Crippen LogP contribution in [0.3, 0.4) is 0 Å². The van der Waals surface area contributed by atoms with Crippen LogP contribution in [0.1, 0.15) is 36.9 Å². The van der Waals surface area contributed by atoms with Crippen LogP contribution in [0, 0.1) is 12.8 Å². The Balaban J connectivity index is 1.57. The summed E-state index contributed by atoms with van der Waals surface area (Å²) < 4.78 is 26.8. The molecule has 1 aromatic rings. The van der Waals surface area contributed by atoms with Gasteiger partial charge >= 0.3 is 0 Å². The lowest BCUT2D eigenvalue weighted by Crippen LogP contribution is -2.44. The van der Waals surface area contributed by atoms with E-state index in [1.165, 1.54) is 6.20 Å². The van der Waals surface area contributed by atoms with Crippen molar-refractivity contribution in [2.45, 2.75) is 50.6 Å². The van der Waals surface area contributed by atoms with Crippen molar-refractivity contribution in [2.75, 3.05) is 12.4 Å². The van der Waals surface area contributed by atoms with Gasteiger partial charge in [-0.2, -0.15) is 0 Å². The van der Waals surface area contributed by atoms with Crippen molar-refractivity contribution in [1.82, 2.24) is 14.9 Å². The van der Waals surface area contributed by atoms with Crippen LogP contribution in [0.5, 0.6) is 0 Å². The summed E-state index contributed by atoms with van der Waals surface area (Å²) in [4.78, 5) is 27.1. The summed E-state index contributed by atoms with van der Waals surface area (Å²) in [7, 11) is 1.64. The largest absolute Gasteiger partial charge is 0.403 e. The zero-order valence-electron chi connectivity index (χ0n) is 16.4. The smallest absolute Gasteiger partial charge is 0.260 e. The molecule has 0 aromatic carbocycles. The van der Waals surface area contributed by atoms with Gasteiger partial charge in [-0.1, -0.05) is 6.08 Å². The molecule has 154 valence electrons. The molecule has 4 rings (SSSR count).